The lowest BCUT2D eigenvalue weighted by Gasteiger charge is -2.03. The molecule has 3 rings (SSSR count). The molecule has 0 amide bonds. The van der Waals surface area contributed by atoms with Crippen molar-refractivity contribution in [1.82, 2.24) is 61.9 Å². The molecule has 0 spiro atoms. The molecule has 3 aromatic heterocycles. The Balaban J connectivity index is 1.85. The molecular weight excluding hydrogens is 244 g/mol. The van der Waals surface area contributed by atoms with Crippen molar-refractivity contribution in [3.63, 3.8) is 0 Å². The zero-order chi connectivity index (χ0) is 12.2. The molecule has 90 valence electrons. The fourth-order valence-corrected chi connectivity index (χ4v) is 1.03. The standard InChI is InChI=1S/C4H4N14/c5(3-9-15-16-10-3)1-2(8-14-13-7-1)6-4-11-17-18-12-4/h(H2,5,7,9,10,14,15,16)(H2,6,8,11,12,13,17,18). The van der Waals surface area contributed by atoms with Crippen molar-refractivity contribution in [3.05, 3.63) is 0 Å². The van der Waals surface area contributed by atoms with E-state index in [4.69, 9.17) is 0 Å². The zero-order valence-electron chi connectivity index (χ0n) is 8.47. The fourth-order valence-electron chi connectivity index (χ4n) is 1.03. The number of hydrogen-bond acceptors (Lipinski definition) is 12. The van der Waals surface area contributed by atoms with E-state index < -0.39 is 0 Å². The van der Waals surface area contributed by atoms with Crippen LogP contribution in [0.2, 0.25) is 0 Å². The Labute approximate surface area is 97.0 Å². The second kappa shape index (κ2) is 4.28. The van der Waals surface area contributed by atoms with Crippen LogP contribution < -0.4 is 10.6 Å². The quantitative estimate of drug-likeness (QED) is 0.390. The van der Waals surface area contributed by atoms with Gasteiger partial charge in [-0.3, -0.25) is 0 Å². The minimum atomic E-state index is 0.202. The highest BCUT2D eigenvalue weighted by Gasteiger charge is 2.11. The number of nitrogens with one attached hydrogen (secondary N) is 4. The highest BCUT2D eigenvalue weighted by molar-refractivity contribution is 5.66. The molecule has 0 atom stereocenters. The maximum absolute atomic E-state index is 3.73. The number of rotatable bonds is 4. The van der Waals surface area contributed by atoms with Crippen molar-refractivity contribution in [2.45, 2.75) is 0 Å². The summed E-state index contributed by atoms with van der Waals surface area (Å²) >= 11 is 0. The van der Waals surface area contributed by atoms with E-state index >= 15 is 0 Å². The van der Waals surface area contributed by atoms with Crippen LogP contribution >= 0.6 is 0 Å². The van der Waals surface area contributed by atoms with Crippen LogP contribution in [-0.2, 0) is 0 Å². The molecule has 0 fully saturated rings. The molecule has 14 nitrogen and oxygen atoms in total. The van der Waals surface area contributed by atoms with Gasteiger partial charge in [0.15, 0.2) is 0 Å². The third-order valence-corrected chi connectivity index (χ3v) is 1.70. The summed E-state index contributed by atoms with van der Waals surface area (Å²) in [7, 11) is 0. The minimum absolute atomic E-state index is 0.202. The SMILES string of the molecule is n1nnc(Nc2nn[nH]n2)c(Nc2nn[nH]n2)n1. The van der Waals surface area contributed by atoms with E-state index in [9.17, 15) is 0 Å². The lowest BCUT2D eigenvalue weighted by atomic mass is 10.6. The zero-order valence-corrected chi connectivity index (χ0v) is 8.47. The van der Waals surface area contributed by atoms with E-state index in [1.165, 1.54) is 0 Å². The lowest BCUT2D eigenvalue weighted by Crippen LogP contribution is -2.07. The van der Waals surface area contributed by atoms with Gasteiger partial charge in [-0.25, -0.2) is 0 Å². The maximum Gasteiger partial charge on any atom is 0.268 e. The highest BCUT2D eigenvalue weighted by atomic mass is 15.5. The summed E-state index contributed by atoms with van der Waals surface area (Å²) in [6, 6.07) is 0. The van der Waals surface area contributed by atoms with Gasteiger partial charge in [-0.2, -0.15) is 10.4 Å². The predicted molar refractivity (Wildman–Crippen MR) is 52.5 cm³/mol. The number of nitrogens with zero attached hydrogens (tertiary/aromatic N) is 10. The molecular formula is C4H4N14. The summed E-state index contributed by atoms with van der Waals surface area (Å²) in [4.78, 5) is 0. The first-order valence-corrected chi connectivity index (χ1v) is 4.49. The molecule has 0 bridgehead atoms. The number of H-pyrrole nitrogens is 2. The van der Waals surface area contributed by atoms with Gasteiger partial charge in [0.25, 0.3) is 11.9 Å². The van der Waals surface area contributed by atoms with Crippen molar-refractivity contribution in [2.24, 2.45) is 0 Å². The predicted octanol–water partition coefficient (Wildman–Crippen LogP) is -2.22. The topological polar surface area (TPSA) is 185 Å². The Morgan fingerprint density at radius 2 is 1.17 bits per heavy atom. The largest absolute Gasteiger partial charge is 0.301 e. The van der Waals surface area contributed by atoms with Crippen LogP contribution in [0.15, 0.2) is 0 Å². The van der Waals surface area contributed by atoms with E-state index in [2.05, 4.69) is 72.5 Å². The van der Waals surface area contributed by atoms with Gasteiger partial charge in [0.05, 0.1) is 0 Å². The molecule has 4 N–H and O–H groups in total. The monoisotopic (exact) mass is 248 g/mol. The molecule has 0 aliphatic rings. The third-order valence-electron chi connectivity index (χ3n) is 1.70. The van der Waals surface area contributed by atoms with Crippen molar-refractivity contribution >= 4 is 23.5 Å². The Kier molecular flexibility index (Phi) is 2.35. The Hall–Kier alpha value is -3.32. The molecule has 3 heterocycles. The fraction of sp³-hybridized carbons (Fsp3) is 0. The molecule has 18 heavy (non-hydrogen) atoms. The molecule has 14 heteroatoms. The molecule has 0 aliphatic heterocycles. The summed E-state index contributed by atoms with van der Waals surface area (Å²) in [6.45, 7) is 0. The number of anilines is 4. The number of tetrazole rings is 2. The second-order valence-electron chi connectivity index (χ2n) is 2.80. The van der Waals surface area contributed by atoms with E-state index in [0.29, 0.717) is 0 Å². The van der Waals surface area contributed by atoms with Gasteiger partial charge in [0, 0.05) is 0 Å². The van der Waals surface area contributed by atoms with E-state index in [1.54, 1.807) is 0 Å². The van der Waals surface area contributed by atoms with Gasteiger partial charge in [-0.1, -0.05) is 10.2 Å². The van der Waals surface area contributed by atoms with Gasteiger partial charge < -0.3 is 10.6 Å². The normalized spacial score (nSPS) is 10.2. The van der Waals surface area contributed by atoms with Gasteiger partial charge >= 0.3 is 0 Å². The smallest absolute Gasteiger partial charge is 0.268 e. The molecule has 3 aromatic rings. The van der Waals surface area contributed by atoms with Gasteiger partial charge in [0.1, 0.15) is 0 Å². The maximum atomic E-state index is 3.73. The van der Waals surface area contributed by atoms with E-state index in [-0.39, 0.29) is 23.5 Å². The van der Waals surface area contributed by atoms with E-state index in [0.717, 1.165) is 0 Å². The van der Waals surface area contributed by atoms with Crippen LogP contribution in [0.5, 0.6) is 0 Å². The number of aromatic amines is 2. The molecule has 0 unspecified atom stereocenters. The first-order valence-electron chi connectivity index (χ1n) is 4.49. The van der Waals surface area contributed by atoms with Gasteiger partial charge in [0.2, 0.25) is 11.6 Å². The van der Waals surface area contributed by atoms with Gasteiger partial charge in [-0.05, 0) is 20.9 Å². The molecule has 0 saturated carbocycles. The average Bonchev–Trinajstić information content (AvgIpc) is 3.05. The summed E-state index contributed by atoms with van der Waals surface area (Å²) in [5.41, 5.74) is 0. The van der Waals surface area contributed by atoms with E-state index in [1.807, 2.05) is 0 Å². The number of aromatic nitrogens is 12. The highest BCUT2D eigenvalue weighted by Crippen LogP contribution is 2.18. The van der Waals surface area contributed by atoms with Crippen LogP contribution in [0.3, 0.4) is 0 Å². The van der Waals surface area contributed by atoms with Gasteiger partial charge in [-0.15, -0.1) is 20.4 Å². The van der Waals surface area contributed by atoms with Crippen LogP contribution in [0.25, 0.3) is 0 Å². The van der Waals surface area contributed by atoms with Crippen LogP contribution in [0.4, 0.5) is 23.5 Å². The average molecular weight is 248 g/mol. The molecule has 0 aliphatic carbocycles. The van der Waals surface area contributed by atoms with Crippen molar-refractivity contribution in [2.75, 3.05) is 10.6 Å². The third kappa shape index (κ3) is 1.96. The summed E-state index contributed by atoms with van der Waals surface area (Å²) in [5, 5.41) is 45.8. The summed E-state index contributed by atoms with van der Waals surface area (Å²) in [6.07, 6.45) is 0. The van der Waals surface area contributed by atoms with Crippen LogP contribution in [0, 0.1) is 0 Å². The van der Waals surface area contributed by atoms with Crippen molar-refractivity contribution in [1.29, 1.82) is 0 Å². The Bertz CT molecular complexity index is 541. The molecule has 0 radical (unpaired) electrons. The van der Waals surface area contributed by atoms with Crippen LogP contribution in [0.1, 0.15) is 0 Å². The van der Waals surface area contributed by atoms with Crippen molar-refractivity contribution < 1.29 is 0 Å². The molecule has 0 aromatic carbocycles. The van der Waals surface area contributed by atoms with Crippen LogP contribution in [-0.4, -0.2) is 61.9 Å². The Morgan fingerprint density at radius 1 is 0.667 bits per heavy atom. The number of hydrogen-bond donors (Lipinski definition) is 4. The summed E-state index contributed by atoms with van der Waals surface area (Å²) in [5.74, 6) is 0.870. The molecule has 0 saturated heterocycles. The Morgan fingerprint density at radius 3 is 1.56 bits per heavy atom. The first kappa shape index (κ1) is 9.87. The summed E-state index contributed by atoms with van der Waals surface area (Å²) < 4.78 is 0. The lowest BCUT2D eigenvalue weighted by molar-refractivity contribution is 0.771. The first-order chi connectivity index (χ1) is 8.92. The second-order valence-corrected chi connectivity index (χ2v) is 2.80. The van der Waals surface area contributed by atoms with Crippen molar-refractivity contribution in [3.8, 4) is 0 Å². The minimum Gasteiger partial charge on any atom is -0.301 e.